The number of hydrogen-bond acceptors (Lipinski definition) is 6. The number of hydrogen-bond donors (Lipinski definition) is 1. The summed E-state index contributed by atoms with van der Waals surface area (Å²) in [5, 5.41) is 9.88. The van der Waals surface area contributed by atoms with Gasteiger partial charge >= 0.3 is 6.18 Å². The predicted octanol–water partition coefficient (Wildman–Crippen LogP) is 1.58. The molecule has 3 amide bonds. The number of nitrogens with zero attached hydrogens (tertiary/aromatic N) is 3. The summed E-state index contributed by atoms with van der Waals surface area (Å²) in [5.41, 5.74) is 0.411. The molecule has 1 aliphatic heterocycles. The second kappa shape index (κ2) is 9.82. The standard InChI is InChI=1S/C18H25BF3N3O4S/c1-3-23(10-26)15(28)13-11(2)14(16(29)24-7-4-12(27)5-8-24)30-17(13)25(19)9-6-18(20,21)22/h10,12,27H,3-9,19H2,1-2H3. The van der Waals surface area contributed by atoms with Crippen molar-refractivity contribution in [3.05, 3.63) is 16.0 Å². The van der Waals surface area contributed by atoms with Gasteiger partial charge in [-0.1, -0.05) is 0 Å². The van der Waals surface area contributed by atoms with Gasteiger partial charge in [0.25, 0.3) is 11.8 Å². The molecule has 1 aliphatic rings. The molecular weight excluding hydrogens is 422 g/mol. The van der Waals surface area contributed by atoms with Crippen LogP contribution in [0.3, 0.4) is 0 Å². The maximum atomic E-state index is 13.0. The van der Waals surface area contributed by atoms with Crippen molar-refractivity contribution < 1.29 is 32.7 Å². The van der Waals surface area contributed by atoms with Crippen molar-refractivity contribution in [2.45, 2.75) is 45.4 Å². The summed E-state index contributed by atoms with van der Waals surface area (Å²) in [6.45, 7) is 3.59. The highest BCUT2D eigenvalue weighted by Crippen LogP contribution is 2.37. The molecule has 1 N–H and O–H groups in total. The van der Waals surface area contributed by atoms with Gasteiger partial charge in [0.1, 0.15) is 0 Å². The number of likely N-dealkylation sites (tertiary alicyclic amines) is 1. The quantitative estimate of drug-likeness (QED) is 0.507. The molecule has 1 aromatic rings. The maximum absolute atomic E-state index is 13.0. The molecule has 2 rings (SSSR count). The second-order valence-corrected chi connectivity index (χ2v) is 8.24. The van der Waals surface area contributed by atoms with Gasteiger partial charge in [0.05, 0.1) is 28.0 Å². The van der Waals surface area contributed by atoms with Crippen molar-refractivity contribution in [3.63, 3.8) is 0 Å². The summed E-state index contributed by atoms with van der Waals surface area (Å²) in [7, 11) is 1.43. The maximum Gasteiger partial charge on any atom is 0.390 e. The van der Waals surface area contributed by atoms with Crippen LogP contribution in [0.25, 0.3) is 0 Å². The molecule has 1 fully saturated rings. The highest BCUT2D eigenvalue weighted by Gasteiger charge is 2.33. The topological polar surface area (TPSA) is 81.2 Å². The molecule has 7 nitrogen and oxygen atoms in total. The first-order valence-corrected chi connectivity index (χ1v) is 10.5. The molecule has 0 unspecified atom stereocenters. The average Bonchev–Trinajstić information content (AvgIpc) is 3.03. The van der Waals surface area contributed by atoms with Gasteiger partial charge in [-0.15, -0.1) is 11.3 Å². The van der Waals surface area contributed by atoms with Crippen molar-refractivity contribution in [1.29, 1.82) is 0 Å². The van der Waals surface area contributed by atoms with Gasteiger partial charge in [-0.2, -0.15) is 13.2 Å². The largest absolute Gasteiger partial charge is 0.413 e. The number of anilines is 1. The van der Waals surface area contributed by atoms with Gasteiger partial charge in [-0.3, -0.25) is 19.3 Å². The minimum Gasteiger partial charge on any atom is -0.413 e. The third-order valence-corrected chi connectivity index (χ3v) is 6.49. The lowest BCUT2D eigenvalue weighted by Gasteiger charge is -2.29. The Morgan fingerprint density at radius 3 is 2.43 bits per heavy atom. The molecule has 0 saturated carbocycles. The predicted molar refractivity (Wildman–Crippen MR) is 110 cm³/mol. The number of thiophene rings is 1. The summed E-state index contributed by atoms with van der Waals surface area (Å²) in [5.74, 6) is -0.980. The van der Waals surface area contributed by atoms with E-state index in [-0.39, 0.29) is 34.4 Å². The Morgan fingerprint density at radius 1 is 1.33 bits per heavy atom. The minimum atomic E-state index is -4.36. The first-order chi connectivity index (χ1) is 14.0. The molecule has 166 valence electrons. The lowest BCUT2D eigenvalue weighted by Crippen LogP contribution is -2.40. The van der Waals surface area contributed by atoms with Crippen LogP contribution in [0.15, 0.2) is 0 Å². The smallest absolute Gasteiger partial charge is 0.390 e. The fraction of sp³-hybridized carbons (Fsp3) is 0.611. The zero-order valence-corrected chi connectivity index (χ0v) is 18.0. The van der Waals surface area contributed by atoms with E-state index in [9.17, 15) is 32.7 Å². The number of imide groups is 1. The van der Waals surface area contributed by atoms with E-state index in [0.29, 0.717) is 37.9 Å². The van der Waals surface area contributed by atoms with Gasteiger partial charge in [0, 0.05) is 26.2 Å². The summed E-state index contributed by atoms with van der Waals surface area (Å²) >= 11 is 0.956. The van der Waals surface area contributed by atoms with Crippen molar-refractivity contribution in [1.82, 2.24) is 9.80 Å². The van der Waals surface area contributed by atoms with Crippen LogP contribution in [-0.4, -0.2) is 79.6 Å². The summed E-state index contributed by atoms with van der Waals surface area (Å²) in [6.07, 6.45) is -4.66. The van der Waals surface area contributed by atoms with E-state index in [1.807, 2.05) is 0 Å². The Morgan fingerprint density at radius 2 is 1.93 bits per heavy atom. The number of aliphatic hydroxyl groups is 1. The van der Waals surface area contributed by atoms with E-state index in [2.05, 4.69) is 0 Å². The molecule has 0 spiro atoms. The molecule has 0 aliphatic carbocycles. The number of carbonyl (C=O) groups excluding carboxylic acids is 3. The molecule has 0 aromatic carbocycles. The van der Waals surface area contributed by atoms with Gasteiger partial charge in [0.15, 0.2) is 0 Å². The van der Waals surface area contributed by atoms with Crippen LogP contribution < -0.4 is 4.81 Å². The number of aliphatic hydroxyl groups excluding tert-OH is 1. The number of alkyl halides is 3. The number of halogens is 3. The Kier molecular flexibility index (Phi) is 7.92. The first kappa shape index (κ1) is 24.2. The first-order valence-electron chi connectivity index (χ1n) is 9.65. The lowest BCUT2D eigenvalue weighted by atomic mass is 10.1. The highest BCUT2D eigenvalue weighted by atomic mass is 32.1. The van der Waals surface area contributed by atoms with Crippen LogP contribution in [-0.2, 0) is 4.79 Å². The van der Waals surface area contributed by atoms with Gasteiger partial charge in [0.2, 0.25) is 14.4 Å². The normalized spacial score (nSPS) is 15.2. The number of amides is 3. The van der Waals surface area contributed by atoms with E-state index in [0.717, 1.165) is 16.2 Å². The van der Waals surface area contributed by atoms with E-state index >= 15 is 0 Å². The van der Waals surface area contributed by atoms with Crippen molar-refractivity contribution >= 4 is 42.5 Å². The summed E-state index contributed by atoms with van der Waals surface area (Å²) in [4.78, 5) is 41.2. The molecule has 30 heavy (non-hydrogen) atoms. The Labute approximate surface area is 177 Å². The molecule has 0 atom stereocenters. The van der Waals surface area contributed by atoms with Crippen LogP contribution in [0.5, 0.6) is 0 Å². The van der Waals surface area contributed by atoms with Crippen LogP contribution in [0.2, 0.25) is 0 Å². The number of carbonyl (C=O) groups is 3. The Balaban J connectivity index is 2.43. The highest BCUT2D eigenvalue weighted by molar-refractivity contribution is 7.19. The summed E-state index contributed by atoms with van der Waals surface area (Å²) < 4.78 is 38.1. The third-order valence-electron chi connectivity index (χ3n) is 5.09. The lowest BCUT2D eigenvalue weighted by molar-refractivity contribution is -0.132. The molecule has 2 heterocycles. The zero-order chi connectivity index (χ0) is 22.6. The van der Waals surface area contributed by atoms with Crippen molar-refractivity contribution in [3.8, 4) is 0 Å². The Hall–Kier alpha value is -2.08. The van der Waals surface area contributed by atoms with E-state index in [1.165, 1.54) is 12.8 Å². The van der Waals surface area contributed by atoms with Crippen LogP contribution in [0.1, 0.15) is 51.8 Å². The van der Waals surface area contributed by atoms with E-state index in [1.54, 1.807) is 18.7 Å². The van der Waals surface area contributed by atoms with Gasteiger partial charge in [-0.25, -0.2) is 0 Å². The number of piperidine rings is 1. The monoisotopic (exact) mass is 447 g/mol. The van der Waals surface area contributed by atoms with Crippen LogP contribution in [0, 0.1) is 6.92 Å². The molecule has 12 heteroatoms. The zero-order valence-electron chi connectivity index (χ0n) is 17.2. The van der Waals surface area contributed by atoms with Crippen LogP contribution >= 0.6 is 11.3 Å². The summed E-state index contributed by atoms with van der Waals surface area (Å²) in [6, 6.07) is 0. The molecule has 1 saturated heterocycles. The fourth-order valence-corrected chi connectivity index (χ4v) is 4.50. The molecular formula is C18H25BF3N3O4S. The third kappa shape index (κ3) is 5.54. The Bertz CT molecular complexity index is 794. The van der Waals surface area contributed by atoms with Crippen molar-refractivity contribution in [2.75, 3.05) is 31.0 Å². The number of rotatable bonds is 7. The van der Waals surface area contributed by atoms with Gasteiger partial charge in [-0.05, 0) is 32.3 Å². The molecule has 0 radical (unpaired) electrons. The van der Waals surface area contributed by atoms with E-state index < -0.39 is 24.6 Å². The molecule has 1 aromatic heterocycles. The SMILES string of the molecule is BN(CCC(F)(F)F)c1sc(C(=O)N2CCC(O)CC2)c(C)c1C(=O)N(C=O)CC. The second-order valence-electron chi connectivity index (χ2n) is 7.24. The average molecular weight is 447 g/mol. The van der Waals surface area contributed by atoms with Crippen LogP contribution in [0.4, 0.5) is 18.2 Å². The fourth-order valence-electron chi connectivity index (χ4n) is 3.24. The minimum absolute atomic E-state index is 0.0685. The molecule has 0 bridgehead atoms. The van der Waals surface area contributed by atoms with E-state index in [4.69, 9.17) is 0 Å². The van der Waals surface area contributed by atoms with Gasteiger partial charge < -0.3 is 14.8 Å². The van der Waals surface area contributed by atoms with Crippen molar-refractivity contribution in [2.24, 2.45) is 0 Å².